The Morgan fingerprint density at radius 1 is 0.432 bits per heavy atom. The summed E-state index contributed by atoms with van der Waals surface area (Å²) in [5.74, 6) is 0. The number of benzene rings is 8. The Morgan fingerprint density at radius 3 is 1.68 bits per heavy atom. The minimum Gasteiger partial charge on any atom is -0.456 e. The topological polar surface area (TPSA) is 22.9 Å². The van der Waals surface area contributed by atoms with Crippen molar-refractivity contribution in [3.05, 3.63) is 179 Å². The first-order chi connectivity index (χ1) is 38.5. The molecule has 1 aromatic heterocycles. The SMILES string of the molecule is CC(C)(C)c1ccc(N2c3cc(N4c5ccc(-c6ccccc6)cc5C5(C)CCCCC45C)cc4c3B(c3cc(C(C)(C)C)cc5c3N4C3(C)CCCCC53C)c3c2ccc2oc4ccc(C(C)(C)C)cc4c32)c(-c2ccccc2)c1. The second-order valence-corrected chi connectivity index (χ2v) is 29.6. The van der Waals surface area contributed by atoms with Gasteiger partial charge in [0.25, 0.3) is 6.71 Å². The van der Waals surface area contributed by atoms with E-state index in [2.05, 4.69) is 256 Å². The molecular formula is C76H80BN3O. The molecule has 0 bridgehead atoms. The number of fused-ring (bicyclic) bond motifs is 14. The second kappa shape index (κ2) is 16.8. The molecule has 9 aromatic rings. The van der Waals surface area contributed by atoms with E-state index in [1.54, 1.807) is 5.56 Å². The van der Waals surface area contributed by atoms with E-state index in [9.17, 15) is 0 Å². The van der Waals surface area contributed by atoms with E-state index in [1.165, 1.54) is 144 Å². The molecule has 408 valence electrons. The van der Waals surface area contributed by atoms with Gasteiger partial charge in [-0.1, -0.05) is 193 Å². The van der Waals surface area contributed by atoms with Gasteiger partial charge in [-0.05, 0) is 177 Å². The summed E-state index contributed by atoms with van der Waals surface area (Å²) in [4.78, 5) is 8.58. The highest BCUT2D eigenvalue weighted by molar-refractivity contribution is 7.02. The Hall–Kier alpha value is -6.98. The molecule has 4 nitrogen and oxygen atoms in total. The van der Waals surface area contributed by atoms with Crippen LogP contribution in [0.25, 0.3) is 44.2 Å². The molecule has 15 rings (SSSR count). The molecule has 2 fully saturated rings. The van der Waals surface area contributed by atoms with Crippen molar-refractivity contribution < 1.29 is 4.42 Å². The normalized spacial score (nSPS) is 23.6. The average molecular weight is 1060 g/mol. The molecule has 8 aromatic carbocycles. The van der Waals surface area contributed by atoms with Gasteiger partial charge in [-0.2, -0.15) is 0 Å². The lowest BCUT2D eigenvalue weighted by Crippen LogP contribution is -2.65. The molecule has 6 aliphatic rings. The molecule has 4 atom stereocenters. The van der Waals surface area contributed by atoms with Crippen molar-refractivity contribution in [1.82, 2.24) is 0 Å². The maximum absolute atomic E-state index is 7.13. The highest BCUT2D eigenvalue weighted by Crippen LogP contribution is 2.65. The van der Waals surface area contributed by atoms with Gasteiger partial charge in [0, 0.05) is 61.3 Å². The lowest BCUT2D eigenvalue weighted by molar-refractivity contribution is 0.194. The molecule has 4 aliphatic heterocycles. The van der Waals surface area contributed by atoms with Crippen LogP contribution in [0, 0.1) is 0 Å². The first-order valence-corrected chi connectivity index (χ1v) is 30.7. The van der Waals surface area contributed by atoms with Gasteiger partial charge in [0.05, 0.1) is 16.8 Å². The van der Waals surface area contributed by atoms with Gasteiger partial charge in [0.15, 0.2) is 0 Å². The largest absolute Gasteiger partial charge is 0.456 e. The molecule has 2 aliphatic carbocycles. The standard InChI is InChI=1S/C76H80BN3O/c1-70(2,3)50-29-32-59(54(41-50)48-26-18-15-19-27-48)78-61-33-35-65-66(55-42-51(71(4,5)6)30-34-64(55)81-65)68(61)77-58-44-52(72(7,8)9)43-57-69(58)80(76(13)39-23-21-37-74(57,76)11)63-46-53(45-62(78)67(63)77)79-60-31-28-49(47-24-16-14-17-25-47)40-56(60)73(10)36-20-22-38-75(73,79)12/h14-19,24-35,40-46H,20-23,36-39H2,1-13H3. The predicted molar refractivity (Wildman–Crippen MR) is 346 cm³/mol. The number of hydrogen-bond donors (Lipinski definition) is 0. The van der Waals surface area contributed by atoms with Crippen LogP contribution in [-0.4, -0.2) is 17.8 Å². The van der Waals surface area contributed by atoms with E-state index in [0.29, 0.717) is 0 Å². The van der Waals surface area contributed by atoms with Crippen LogP contribution in [-0.2, 0) is 27.1 Å². The summed E-state index contributed by atoms with van der Waals surface area (Å²) in [6, 6.07) is 59.7. The maximum atomic E-state index is 7.13. The van der Waals surface area contributed by atoms with Crippen LogP contribution in [0.5, 0.6) is 0 Å². The summed E-state index contributed by atoms with van der Waals surface area (Å²) in [7, 11) is 0. The number of furan rings is 1. The van der Waals surface area contributed by atoms with Gasteiger partial charge < -0.3 is 19.1 Å². The van der Waals surface area contributed by atoms with Gasteiger partial charge in [-0.3, -0.25) is 0 Å². The highest BCUT2D eigenvalue weighted by Gasteiger charge is 2.63. The van der Waals surface area contributed by atoms with E-state index >= 15 is 0 Å². The fourth-order valence-electron chi connectivity index (χ4n) is 17.0. The first kappa shape index (κ1) is 50.9. The van der Waals surface area contributed by atoms with Crippen LogP contribution in [0.3, 0.4) is 0 Å². The number of anilines is 7. The Labute approximate surface area is 482 Å². The molecular weight excluding hydrogens is 982 g/mol. The first-order valence-electron chi connectivity index (χ1n) is 30.7. The van der Waals surface area contributed by atoms with Crippen molar-refractivity contribution in [2.75, 3.05) is 14.7 Å². The molecule has 0 amide bonds. The third-order valence-electron chi connectivity index (χ3n) is 22.0. The van der Waals surface area contributed by atoms with Gasteiger partial charge in [-0.15, -0.1) is 0 Å². The van der Waals surface area contributed by atoms with Crippen molar-refractivity contribution in [3.8, 4) is 22.3 Å². The summed E-state index contributed by atoms with van der Waals surface area (Å²) in [6.45, 7) is 31.8. The zero-order valence-corrected chi connectivity index (χ0v) is 50.4. The van der Waals surface area contributed by atoms with Crippen molar-refractivity contribution in [3.63, 3.8) is 0 Å². The third kappa shape index (κ3) is 6.90. The molecule has 5 heteroatoms. The fourth-order valence-corrected chi connectivity index (χ4v) is 17.0. The predicted octanol–water partition coefficient (Wildman–Crippen LogP) is 18.9. The van der Waals surface area contributed by atoms with Crippen LogP contribution in [0.2, 0.25) is 0 Å². The van der Waals surface area contributed by atoms with E-state index in [-0.39, 0.29) is 44.9 Å². The highest BCUT2D eigenvalue weighted by atomic mass is 16.3. The molecule has 0 saturated heterocycles. The maximum Gasteiger partial charge on any atom is 0.253 e. The molecule has 5 heterocycles. The lowest BCUT2D eigenvalue weighted by atomic mass is 9.32. The minimum atomic E-state index is -0.176. The zero-order chi connectivity index (χ0) is 56.1. The molecule has 2 saturated carbocycles. The Kier molecular flexibility index (Phi) is 10.6. The van der Waals surface area contributed by atoms with Crippen molar-refractivity contribution in [2.45, 2.75) is 180 Å². The van der Waals surface area contributed by atoms with E-state index in [1.807, 2.05) is 0 Å². The quantitative estimate of drug-likeness (QED) is 0.164. The van der Waals surface area contributed by atoms with E-state index < -0.39 is 0 Å². The molecule has 4 unspecified atom stereocenters. The lowest BCUT2D eigenvalue weighted by Gasteiger charge is -2.54. The minimum absolute atomic E-state index is 0.0506. The van der Waals surface area contributed by atoms with Crippen molar-refractivity contribution >= 4 is 84.9 Å². The number of nitrogens with zero attached hydrogens (tertiary/aromatic N) is 3. The van der Waals surface area contributed by atoms with Gasteiger partial charge in [0.2, 0.25) is 0 Å². The summed E-state index contributed by atoms with van der Waals surface area (Å²) < 4.78 is 7.13. The van der Waals surface area contributed by atoms with Crippen LogP contribution in [0.1, 0.15) is 169 Å². The van der Waals surface area contributed by atoms with Crippen LogP contribution < -0.4 is 31.1 Å². The zero-order valence-electron chi connectivity index (χ0n) is 50.4. The van der Waals surface area contributed by atoms with Crippen molar-refractivity contribution in [2.24, 2.45) is 0 Å². The van der Waals surface area contributed by atoms with E-state index in [4.69, 9.17) is 4.42 Å². The van der Waals surface area contributed by atoms with Crippen LogP contribution >= 0.6 is 0 Å². The summed E-state index contributed by atoms with van der Waals surface area (Å²) in [5.41, 5.74) is 26.8. The molecule has 0 N–H and O–H groups in total. The van der Waals surface area contributed by atoms with Crippen LogP contribution in [0.4, 0.5) is 39.8 Å². The Bertz CT molecular complexity index is 4110. The number of hydrogen-bond acceptors (Lipinski definition) is 4. The monoisotopic (exact) mass is 1060 g/mol. The van der Waals surface area contributed by atoms with Crippen LogP contribution in [0.15, 0.2) is 156 Å². The van der Waals surface area contributed by atoms with Crippen molar-refractivity contribution in [1.29, 1.82) is 0 Å². The molecule has 0 radical (unpaired) electrons. The van der Waals surface area contributed by atoms with Gasteiger partial charge in [-0.25, -0.2) is 0 Å². The molecule has 0 spiro atoms. The summed E-state index contributed by atoms with van der Waals surface area (Å²) in [6.07, 6.45) is 9.49. The Balaban J connectivity index is 1.12. The smallest absolute Gasteiger partial charge is 0.253 e. The van der Waals surface area contributed by atoms with E-state index in [0.717, 1.165) is 30.4 Å². The second-order valence-electron chi connectivity index (χ2n) is 29.6. The summed E-state index contributed by atoms with van der Waals surface area (Å²) >= 11 is 0. The summed E-state index contributed by atoms with van der Waals surface area (Å²) in [5, 5.41) is 2.44. The fraction of sp³-hybridized carbons (Fsp3) is 0.368. The molecule has 81 heavy (non-hydrogen) atoms. The van der Waals surface area contributed by atoms with Gasteiger partial charge >= 0.3 is 0 Å². The number of rotatable bonds is 4. The Morgan fingerprint density at radius 2 is 1.00 bits per heavy atom. The van der Waals surface area contributed by atoms with Gasteiger partial charge in [0.1, 0.15) is 11.2 Å². The average Bonchev–Trinajstić information content (AvgIpc) is 1.77. The third-order valence-corrected chi connectivity index (χ3v) is 22.0.